The number of thiophene rings is 1. The van der Waals surface area contributed by atoms with Gasteiger partial charge in [-0.3, -0.25) is 9.13 Å². The van der Waals surface area contributed by atoms with Crippen LogP contribution in [-0.2, 0) is 27.2 Å². The summed E-state index contributed by atoms with van der Waals surface area (Å²) >= 11 is 1.75. The van der Waals surface area contributed by atoms with Crippen molar-refractivity contribution in [2.24, 2.45) is 14.1 Å². The Morgan fingerprint density at radius 1 is 1.03 bits per heavy atom. The topological polar surface area (TPSA) is 68.4 Å². The molecule has 0 bridgehead atoms. The summed E-state index contributed by atoms with van der Waals surface area (Å²) in [4.78, 5) is 13.4. The van der Waals surface area contributed by atoms with Gasteiger partial charge in [-0.2, -0.15) is 0 Å². The zero-order chi connectivity index (χ0) is 21.1. The number of hydrogen-bond donors (Lipinski definition) is 2. The number of aliphatic hydroxyl groups excluding tert-OH is 1. The summed E-state index contributed by atoms with van der Waals surface area (Å²) in [6.45, 7) is 1.79. The first kappa shape index (κ1) is 20.4. The molecule has 7 heteroatoms. The van der Waals surface area contributed by atoms with E-state index in [4.69, 9.17) is 4.74 Å². The molecule has 0 unspecified atom stereocenters. The Kier molecular flexibility index (Phi) is 6.03. The van der Waals surface area contributed by atoms with Gasteiger partial charge in [-0.1, -0.05) is 24.3 Å². The molecule has 1 atom stereocenters. The highest BCUT2D eigenvalue weighted by Gasteiger charge is 2.13. The van der Waals surface area contributed by atoms with Gasteiger partial charge >= 0.3 is 5.69 Å². The number of aliphatic hydroxyl groups is 1. The van der Waals surface area contributed by atoms with Crippen LogP contribution in [0.15, 0.2) is 64.8 Å². The molecular formula is C23H25N3O3S. The smallest absolute Gasteiger partial charge is 0.328 e. The van der Waals surface area contributed by atoms with Gasteiger partial charge in [-0.15, -0.1) is 11.3 Å². The molecule has 0 spiro atoms. The minimum Gasteiger partial charge on any atom is -0.491 e. The largest absolute Gasteiger partial charge is 0.491 e. The summed E-state index contributed by atoms with van der Waals surface area (Å²) in [5.41, 5.74) is 3.44. The molecule has 0 saturated carbocycles. The highest BCUT2D eigenvalue weighted by Crippen LogP contribution is 2.21. The highest BCUT2D eigenvalue weighted by atomic mass is 32.1. The van der Waals surface area contributed by atoms with Crippen molar-refractivity contribution >= 4 is 22.4 Å². The predicted molar refractivity (Wildman–Crippen MR) is 120 cm³/mol. The van der Waals surface area contributed by atoms with E-state index in [9.17, 15) is 9.90 Å². The minimum absolute atomic E-state index is 0.0853. The van der Waals surface area contributed by atoms with Crippen LogP contribution in [0.1, 0.15) is 22.1 Å². The maximum atomic E-state index is 12.1. The van der Waals surface area contributed by atoms with Crippen molar-refractivity contribution in [1.82, 2.24) is 14.5 Å². The van der Waals surface area contributed by atoms with E-state index in [1.807, 2.05) is 42.5 Å². The Morgan fingerprint density at radius 3 is 2.53 bits per heavy atom. The third-order valence-corrected chi connectivity index (χ3v) is 6.10. The lowest BCUT2D eigenvalue weighted by molar-refractivity contribution is 0.108. The number of benzene rings is 2. The Balaban J connectivity index is 1.33. The first-order valence-electron chi connectivity index (χ1n) is 9.81. The standard InChI is InChI=1S/C23H25N3O3S/c1-25-20-10-7-17(12-21(20)26(2)23(25)28)22(27)15-29-18-8-5-16(6-9-18)13-24-14-19-4-3-11-30-19/h3-12,22,24,27H,13-15H2,1-2H3/t22-/m0/s1. The Bertz CT molecular complexity index is 1180. The quantitative estimate of drug-likeness (QED) is 0.456. The molecule has 0 fully saturated rings. The van der Waals surface area contributed by atoms with Crippen molar-refractivity contribution in [1.29, 1.82) is 0 Å². The van der Waals surface area contributed by atoms with Crippen molar-refractivity contribution < 1.29 is 9.84 Å². The van der Waals surface area contributed by atoms with Crippen LogP contribution in [0, 0.1) is 0 Å². The predicted octanol–water partition coefficient (Wildman–Crippen LogP) is 3.34. The van der Waals surface area contributed by atoms with Gasteiger partial charge in [0.15, 0.2) is 0 Å². The second-order valence-corrected chi connectivity index (χ2v) is 8.33. The summed E-state index contributed by atoms with van der Waals surface area (Å²) < 4.78 is 8.95. The molecule has 0 aliphatic rings. The second-order valence-electron chi connectivity index (χ2n) is 7.30. The van der Waals surface area contributed by atoms with E-state index in [0.29, 0.717) is 5.75 Å². The number of nitrogens with one attached hydrogen (secondary N) is 1. The SMILES string of the molecule is Cn1c(=O)n(C)c2cc([C@@H](O)COc3ccc(CNCc4cccs4)cc3)ccc21. The van der Waals surface area contributed by atoms with Gasteiger partial charge in [0.05, 0.1) is 11.0 Å². The Labute approximate surface area is 179 Å². The number of aromatic nitrogens is 2. The van der Waals surface area contributed by atoms with Gasteiger partial charge < -0.3 is 15.2 Å². The fourth-order valence-electron chi connectivity index (χ4n) is 3.45. The number of ether oxygens (including phenoxy) is 1. The van der Waals surface area contributed by atoms with Crippen molar-refractivity contribution in [3.8, 4) is 5.75 Å². The van der Waals surface area contributed by atoms with E-state index in [2.05, 4.69) is 22.8 Å². The highest BCUT2D eigenvalue weighted by molar-refractivity contribution is 7.09. The molecule has 0 saturated heterocycles. The van der Waals surface area contributed by atoms with Crippen LogP contribution in [0.25, 0.3) is 11.0 Å². The van der Waals surface area contributed by atoms with Crippen LogP contribution >= 0.6 is 11.3 Å². The molecule has 0 amide bonds. The Morgan fingerprint density at radius 2 is 1.80 bits per heavy atom. The molecule has 4 aromatic rings. The molecular weight excluding hydrogens is 398 g/mol. The van der Waals surface area contributed by atoms with Gasteiger partial charge in [-0.25, -0.2) is 4.79 Å². The lowest BCUT2D eigenvalue weighted by Gasteiger charge is -2.13. The van der Waals surface area contributed by atoms with Gasteiger partial charge in [0.1, 0.15) is 18.5 Å². The van der Waals surface area contributed by atoms with Crippen LogP contribution in [0.4, 0.5) is 0 Å². The van der Waals surface area contributed by atoms with Crippen molar-refractivity contribution in [3.05, 3.63) is 86.5 Å². The number of rotatable bonds is 8. The summed E-state index contributed by atoms with van der Waals surface area (Å²) in [6.07, 6.45) is -0.781. The summed E-state index contributed by atoms with van der Waals surface area (Å²) in [6, 6.07) is 17.6. The van der Waals surface area contributed by atoms with E-state index >= 15 is 0 Å². The van der Waals surface area contributed by atoms with Gasteiger partial charge in [0.25, 0.3) is 0 Å². The molecule has 2 aromatic heterocycles. The molecule has 0 aliphatic heterocycles. The fourth-order valence-corrected chi connectivity index (χ4v) is 4.12. The lowest BCUT2D eigenvalue weighted by Crippen LogP contribution is -2.19. The van der Waals surface area contributed by atoms with Gasteiger partial charge in [0.2, 0.25) is 0 Å². The van der Waals surface area contributed by atoms with Crippen molar-refractivity contribution in [3.63, 3.8) is 0 Å². The number of hydrogen-bond acceptors (Lipinski definition) is 5. The summed E-state index contributed by atoms with van der Waals surface area (Å²) in [7, 11) is 3.47. The zero-order valence-corrected chi connectivity index (χ0v) is 17.9. The molecule has 30 heavy (non-hydrogen) atoms. The summed E-state index contributed by atoms with van der Waals surface area (Å²) in [5.74, 6) is 0.712. The molecule has 0 radical (unpaired) electrons. The first-order valence-corrected chi connectivity index (χ1v) is 10.7. The van der Waals surface area contributed by atoms with Crippen LogP contribution in [-0.4, -0.2) is 20.8 Å². The van der Waals surface area contributed by atoms with Gasteiger partial charge in [0, 0.05) is 32.1 Å². The van der Waals surface area contributed by atoms with Crippen LogP contribution in [0.2, 0.25) is 0 Å². The third kappa shape index (κ3) is 4.33. The molecule has 4 rings (SSSR count). The van der Waals surface area contributed by atoms with E-state index in [-0.39, 0.29) is 12.3 Å². The van der Waals surface area contributed by atoms with E-state index < -0.39 is 6.10 Å². The lowest BCUT2D eigenvalue weighted by atomic mass is 10.1. The average Bonchev–Trinajstić information content (AvgIpc) is 3.36. The van der Waals surface area contributed by atoms with E-state index in [1.54, 1.807) is 34.6 Å². The molecule has 0 aliphatic carbocycles. The normalized spacial score (nSPS) is 12.4. The van der Waals surface area contributed by atoms with Gasteiger partial charge in [-0.05, 0) is 46.8 Å². The monoisotopic (exact) mass is 423 g/mol. The number of imidazole rings is 1. The van der Waals surface area contributed by atoms with E-state index in [1.165, 1.54) is 10.4 Å². The van der Waals surface area contributed by atoms with Crippen LogP contribution in [0.3, 0.4) is 0 Å². The Hall–Kier alpha value is -2.87. The first-order chi connectivity index (χ1) is 14.5. The maximum Gasteiger partial charge on any atom is 0.328 e. The molecule has 6 nitrogen and oxygen atoms in total. The zero-order valence-electron chi connectivity index (χ0n) is 17.0. The van der Waals surface area contributed by atoms with Crippen LogP contribution in [0.5, 0.6) is 5.75 Å². The van der Waals surface area contributed by atoms with E-state index in [0.717, 1.165) is 29.7 Å². The maximum absolute atomic E-state index is 12.1. The molecule has 2 heterocycles. The number of fused-ring (bicyclic) bond motifs is 1. The number of nitrogens with zero attached hydrogens (tertiary/aromatic N) is 2. The van der Waals surface area contributed by atoms with Crippen molar-refractivity contribution in [2.75, 3.05) is 6.61 Å². The second kappa shape index (κ2) is 8.87. The fraction of sp³-hybridized carbons (Fsp3) is 0.261. The summed E-state index contributed by atoms with van der Waals surface area (Å²) in [5, 5.41) is 16.0. The molecule has 2 N–H and O–H groups in total. The van der Waals surface area contributed by atoms with Crippen molar-refractivity contribution in [2.45, 2.75) is 19.2 Å². The van der Waals surface area contributed by atoms with Crippen LogP contribution < -0.4 is 15.7 Å². The number of aryl methyl sites for hydroxylation is 2. The molecule has 2 aromatic carbocycles. The third-order valence-electron chi connectivity index (χ3n) is 5.22. The molecule has 156 valence electrons. The average molecular weight is 424 g/mol. The minimum atomic E-state index is -0.781.